The summed E-state index contributed by atoms with van der Waals surface area (Å²) < 4.78 is 4.95. The number of cyclic esters (lactones) is 1. The van der Waals surface area contributed by atoms with E-state index in [-0.39, 0.29) is 12.0 Å². The first-order valence-electron chi connectivity index (χ1n) is 4.14. The van der Waals surface area contributed by atoms with Gasteiger partial charge in [0.15, 0.2) is 6.10 Å². The van der Waals surface area contributed by atoms with Gasteiger partial charge < -0.3 is 9.84 Å². The summed E-state index contributed by atoms with van der Waals surface area (Å²) in [5.74, 6) is -0.237. The van der Waals surface area contributed by atoms with Crippen molar-refractivity contribution in [3.8, 4) is 0 Å². The highest BCUT2D eigenvalue weighted by Gasteiger charge is 2.35. The van der Waals surface area contributed by atoms with Gasteiger partial charge in [-0.15, -0.1) is 6.58 Å². The SMILES string of the molecule is C=CC[C@H](C)[C@@H]1C[C@@H](O)C(=O)O1. The highest BCUT2D eigenvalue weighted by molar-refractivity contribution is 5.76. The summed E-state index contributed by atoms with van der Waals surface area (Å²) in [6.45, 7) is 5.59. The standard InChI is InChI=1S/C9H14O3/c1-3-4-6(2)8-5-7(10)9(11)12-8/h3,6-8,10H,1,4-5H2,2H3/t6-,7+,8-/m0/s1. The zero-order valence-electron chi connectivity index (χ0n) is 7.19. The molecule has 0 amide bonds. The van der Waals surface area contributed by atoms with Crippen LogP contribution in [0, 0.1) is 5.92 Å². The molecule has 0 spiro atoms. The minimum absolute atomic E-state index is 0.134. The summed E-state index contributed by atoms with van der Waals surface area (Å²) >= 11 is 0. The molecule has 0 saturated carbocycles. The number of allylic oxidation sites excluding steroid dienone is 1. The molecule has 0 aliphatic carbocycles. The van der Waals surface area contributed by atoms with Gasteiger partial charge in [-0.3, -0.25) is 0 Å². The van der Waals surface area contributed by atoms with Crippen molar-refractivity contribution in [2.45, 2.75) is 32.0 Å². The molecule has 68 valence electrons. The number of aliphatic hydroxyl groups excluding tert-OH is 1. The molecule has 0 bridgehead atoms. The largest absolute Gasteiger partial charge is 0.460 e. The van der Waals surface area contributed by atoms with Crippen LogP contribution in [0.2, 0.25) is 0 Å². The predicted octanol–water partition coefficient (Wildman–Crippen LogP) is 0.875. The highest BCUT2D eigenvalue weighted by atomic mass is 16.6. The Morgan fingerprint density at radius 3 is 3.00 bits per heavy atom. The fourth-order valence-corrected chi connectivity index (χ4v) is 1.36. The summed E-state index contributed by atoms with van der Waals surface area (Å²) in [5.41, 5.74) is 0. The lowest BCUT2D eigenvalue weighted by Gasteiger charge is -2.15. The molecule has 3 nitrogen and oxygen atoms in total. The van der Waals surface area contributed by atoms with Crippen LogP contribution in [0.1, 0.15) is 19.8 Å². The minimum atomic E-state index is -0.915. The topological polar surface area (TPSA) is 46.5 Å². The van der Waals surface area contributed by atoms with Crippen LogP contribution < -0.4 is 0 Å². The lowest BCUT2D eigenvalue weighted by Crippen LogP contribution is -2.16. The van der Waals surface area contributed by atoms with Crippen molar-refractivity contribution in [3.05, 3.63) is 12.7 Å². The summed E-state index contributed by atoms with van der Waals surface area (Å²) in [7, 11) is 0. The molecular formula is C9H14O3. The van der Waals surface area contributed by atoms with Crippen LogP contribution in [0.15, 0.2) is 12.7 Å². The zero-order chi connectivity index (χ0) is 9.14. The first-order chi connectivity index (χ1) is 5.65. The predicted molar refractivity (Wildman–Crippen MR) is 44.5 cm³/mol. The fraction of sp³-hybridized carbons (Fsp3) is 0.667. The van der Waals surface area contributed by atoms with E-state index in [1.54, 1.807) is 6.08 Å². The van der Waals surface area contributed by atoms with Crippen LogP contribution in [0.3, 0.4) is 0 Å². The molecule has 1 heterocycles. The molecule has 1 saturated heterocycles. The van der Waals surface area contributed by atoms with Crippen LogP contribution in [-0.2, 0) is 9.53 Å². The van der Waals surface area contributed by atoms with Crippen LogP contribution in [-0.4, -0.2) is 23.3 Å². The van der Waals surface area contributed by atoms with Crippen LogP contribution in [0.4, 0.5) is 0 Å². The Labute approximate surface area is 72.0 Å². The number of carbonyl (C=O) groups is 1. The highest BCUT2D eigenvalue weighted by Crippen LogP contribution is 2.23. The number of esters is 1. The van der Waals surface area contributed by atoms with Gasteiger partial charge >= 0.3 is 5.97 Å². The van der Waals surface area contributed by atoms with Crippen molar-refractivity contribution in [3.63, 3.8) is 0 Å². The second-order valence-electron chi connectivity index (χ2n) is 3.23. The van der Waals surface area contributed by atoms with Gasteiger partial charge in [-0.2, -0.15) is 0 Å². The smallest absolute Gasteiger partial charge is 0.335 e. The maximum Gasteiger partial charge on any atom is 0.335 e. The van der Waals surface area contributed by atoms with Crippen molar-refractivity contribution in [2.24, 2.45) is 5.92 Å². The van der Waals surface area contributed by atoms with E-state index in [0.717, 1.165) is 6.42 Å². The van der Waals surface area contributed by atoms with Crippen LogP contribution >= 0.6 is 0 Å². The average Bonchev–Trinajstić information content (AvgIpc) is 2.33. The van der Waals surface area contributed by atoms with E-state index in [0.29, 0.717) is 6.42 Å². The Balaban J connectivity index is 2.45. The molecule has 3 heteroatoms. The molecule has 1 aliphatic rings. The van der Waals surface area contributed by atoms with Crippen molar-refractivity contribution >= 4 is 5.97 Å². The molecule has 1 aliphatic heterocycles. The number of aliphatic hydroxyl groups is 1. The van der Waals surface area contributed by atoms with Crippen LogP contribution in [0.25, 0.3) is 0 Å². The first-order valence-corrected chi connectivity index (χ1v) is 4.14. The molecule has 3 atom stereocenters. The van der Waals surface area contributed by atoms with E-state index >= 15 is 0 Å². The third kappa shape index (κ3) is 1.85. The Hall–Kier alpha value is -0.830. The van der Waals surface area contributed by atoms with E-state index < -0.39 is 12.1 Å². The monoisotopic (exact) mass is 170 g/mol. The normalized spacial score (nSPS) is 31.3. The quantitative estimate of drug-likeness (QED) is 0.505. The number of carbonyl (C=O) groups excluding carboxylic acids is 1. The molecule has 1 N–H and O–H groups in total. The van der Waals surface area contributed by atoms with Gasteiger partial charge in [-0.05, 0) is 12.3 Å². The second kappa shape index (κ2) is 3.72. The molecule has 1 rings (SSSR count). The van der Waals surface area contributed by atoms with Crippen molar-refractivity contribution in [1.82, 2.24) is 0 Å². The zero-order valence-corrected chi connectivity index (χ0v) is 7.19. The molecule has 0 aromatic heterocycles. The first kappa shape index (κ1) is 9.26. The van der Waals surface area contributed by atoms with Gasteiger partial charge in [-0.25, -0.2) is 4.79 Å². The third-order valence-electron chi connectivity index (χ3n) is 2.17. The van der Waals surface area contributed by atoms with Gasteiger partial charge in [0.1, 0.15) is 6.10 Å². The molecule has 0 radical (unpaired) electrons. The Kier molecular flexibility index (Phi) is 2.87. The number of rotatable bonds is 3. The lowest BCUT2D eigenvalue weighted by atomic mass is 9.98. The summed E-state index contributed by atoms with van der Waals surface area (Å²) in [6, 6.07) is 0. The van der Waals surface area contributed by atoms with Gasteiger partial charge in [0.25, 0.3) is 0 Å². The van der Waals surface area contributed by atoms with Crippen LogP contribution in [0.5, 0.6) is 0 Å². The van der Waals surface area contributed by atoms with Gasteiger partial charge in [0.2, 0.25) is 0 Å². The van der Waals surface area contributed by atoms with Gasteiger partial charge in [0, 0.05) is 6.42 Å². The van der Waals surface area contributed by atoms with Crippen molar-refractivity contribution in [1.29, 1.82) is 0 Å². The maximum atomic E-state index is 10.8. The molecule has 0 unspecified atom stereocenters. The summed E-state index contributed by atoms with van der Waals surface area (Å²) in [4.78, 5) is 10.8. The van der Waals surface area contributed by atoms with E-state index in [9.17, 15) is 4.79 Å². The van der Waals surface area contributed by atoms with Gasteiger partial charge in [0.05, 0.1) is 0 Å². The van der Waals surface area contributed by atoms with E-state index in [1.807, 2.05) is 6.92 Å². The summed E-state index contributed by atoms with van der Waals surface area (Å²) in [5, 5.41) is 9.08. The molecule has 0 aromatic carbocycles. The number of hydrogen-bond donors (Lipinski definition) is 1. The molecular weight excluding hydrogens is 156 g/mol. The number of hydrogen-bond acceptors (Lipinski definition) is 3. The fourth-order valence-electron chi connectivity index (χ4n) is 1.36. The van der Waals surface area contributed by atoms with E-state index in [1.165, 1.54) is 0 Å². The maximum absolute atomic E-state index is 10.8. The van der Waals surface area contributed by atoms with Crippen molar-refractivity contribution < 1.29 is 14.6 Å². The molecule has 0 aromatic rings. The molecule has 1 fully saturated rings. The number of ether oxygens (including phenoxy) is 1. The summed E-state index contributed by atoms with van der Waals surface area (Å²) in [6.07, 6.45) is 1.98. The Morgan fingerprint density at radius 1 is 1.92 bits per heavy atom. The van der Waals surface area contributed by atoms with E-state index in [2.05, 4.69) is 6.58 Å². The third-order valence-corrected chi connectivity index (χ3v) is 2.17. The average molecular weight is 170 g/mol. The minimum Gasteiger partial charge on any atom is -0.460 e. The Bertz CT molecular complexity index is 188. The second-order valence-corrected chi connectivity index (χ2v) is 3.23. The van der Waals surface area contributed by atoms with E-state index in [4.69, 9.17) is 9.84 Å². The van der Waals surface area contributed by atoms with Crippen molar-refractivity contribution in [2.75, 3.05) is 0 Å². The Morgan fingerprint density at radius 2 is 2.58 bits per heavy atom. The molecule has 12 heavy (non-hydrogen) atoms. The lowest BCUT2D eigenvalue weighted by molar-refractivity contribution is -0.148. The van der Waals surface area contributed by atoms with Gasteiger partial charge in [-0.1, -0.05) is 13.0 Å².